The van der Waals surface area contributed by atoms with Crippen LogP contribution in [-0.2, 0) is 14.8 Å². The van der Waals surface area contributed by atoms with E-state index in [2.05, 4.69) is 9.62 Å². The lowest BCUT2D eigenvalue weighted by molar-refractivity contribution is -0.0182. The lowest BCUT2D eigenvalue weighted by Crippen LogP contribution is -2.46. The van der Waals surface area contributed by atoms with Crippen LogP contribution in [-0.4, -0.2) is 56.8 Å². The van der Waals surface area contributed by atoms with Crippen molar-refractivity contribution in [2.75, 3.05) is 26.2 Å². The van der Waals surface area contributed by atoms with Crippen LogP contribution in [0, 0.1) is 0 Å². The van der Waals surface area contributed by atoms with Crippen LogP contribution in [0.4, 0.5) is 0 Å². The fourth-order valence-electron chi connectivity index (χ4n) is 3.56. The molecule has 0 radical (unpaired) electrons. The van der Waals surface area contributed by atoms with E-state index in [9.17, 15) is 13.5 Å². The van der Waals surface area contributed by atoms with Gasteiger partial charge in [0.05, 0.1) is 23.7 Å². The molecule has 8 heteroatoms. The molecule has 6 nitrogen and oxygen atoms in total. The molecule has 2 aromatic rings. The Kier molecular flexibility index (Phi) is 8.27. The maximum atomic E-state index is 12.5. The molecule has 2 atom stereocenters. The number of piperidine rings is 1. The second-order valence-corrected chi connectivity index (χ2v) is 9.84. The molecule has 1 aliphatic heterocycles. The Labute approximate surface area is 183 Å². The first kappa shape index (κ1) is 23.2. The van der Waals surface area contributed by atoms with Crippen molar-refractivity contribution < 1.29 is 18.3 Å². The zero-order valence-electron chi connectivity index (χ0n) is 17.1. The molecule has 3 rings (SSSR count). The van der Waals surface area contributed by atoms with Crippen LogP contribution < -0.4 is 4.72 Å². The van der Waals surface area contributed by atoms with Crippen molar-refractivity contribution in [3.63, 3.8) is 0 Å². The first-order chi connectivity index (χ1) is 14.3. The van der Waals surface area contributed by atoms with Crippen LogP contribution in [0.25, 0.3) is 0 Å². The summed E-state index contributed by atoms with van der Waals surface area (Å²) in [6, 6.07) is 15.8. The third kappa shape index (κ3) is 6.77. The Morgan fingerprint density at radius 2 is 1.77 bits per heavy atom. The molecule has 0 saturated carbocycles. The van der Waals surface area contributed by atoms with Gasteiger partial charge in [-0.3, -0.25) is 0 Å². The third-order valence-corrected chi connectivity index (χ3v) is 7.10. The molecule has 0 aromatic heterocycles. The lowest BCUT2D eigenvalue weighted by atomic mass is 10.1. The van der Waals surface area contributed by atoms with Crippen LogP contribution in [0.5, 0.6) is 0 Å². The van der Waals surface area contributed by atoms with Gasteiger partial charge in [0.25, 0.3) is 0 Å². The number of β-amino-alcohol motifs (C(OH)–C–C–N with tert-alkyl or cyclic N) is 1. The highest BCUT2D eigenvalue weighted by molar-refractivity contribution is 7.89. The Morgan fingerprint density at radius 3 is 2.40 bits per heavy atom. The normalized spacial score (nSPS) is 18.2. The van der Waals surface area contributed by atoms with Gasteiger partial charge in [-0.25, -0.2) is 13.1 Å². The summed E-state index contributed by atoms with van der Waals surface area (Å²) in [5.41, 5.74) is 1.01. The zero-order chi connectivity index (χ0) is 21.6. The average molecular weight is 453 g/mol. The molecule has 0 aliphatic carbocycles. The van der Waals surface area contributed by atoms with Crippen molar-refractivity contribution in [1.29, 1.82) is 0 Å². The highest BCUT2D eigenvalue weighted by Crippen LogP contribution is 2.20. The predicted molar refractivity (Wildman–Crippen MR) is 118 cm³/mol. The molecular weight excluding hydrogens is 424 g/mol. The molecule has 1 aliphatic rings. The van der Waals surface area contributed by atoms with Gasteiger partial charge in [0.2, 0.25) is 10.0 Å². The SMILES string of the molecule is C[C@@H](OC[C@@H](O)CN1CCC(NS(=O)(=O)c2ccccc2)CC1)c1ccc(Cl)cc1. The first-order valence-corrected chi connectivity index (χ1v) is 12.0. The molecule has 2 N–H and O–H groups in total. The molecule has 1 heterocycles. The quantitative estimate of drug-likeness (QED) is 0.610. The summed E-state index contributed by atoms with van der Waals surface area (Å²) >= 11 is 5.90. The van der Waals surface area contributed by atoms with Gasteiger partial charge in [-0.05, 0) is 62.7 Å². The molecule has 0 spiro atoms. The van der Waals surface area contributed by atoms with Gasteiger partial charge in [0.1, 0.15) is 0 Å². The van der Waals surface area contributed by atoms with E-state index in [4.69, 9.17) is 16.3 Å². The smallest absolute Gasteiger partial charge is 0.240 e. The molecule has 1 saturated heterocycles. The van der Waals surface area contributed by atoms with Crippen molar-refractivity contribution in [3.05, 3.63) is 65.2 Å². The second-order valence-electron chi connectivity index (χ2n) is 7.69. The summed E-state index contributed by atoms with van der Waals surface area (Å²) < 4.78 is 33.5. The summed E-state index contributed by atoms with van der Waals surface area (Å²) in [6.45, 7) is 4.15. The number of halogens is 1. The average Bonchev–Trinajstić information content (AvgIpc) is 2.74. The number of sulfonamides is 1. The summed E-state index contributed by atoms with van der Waals surface area (Å²) in [6.07, 6.45) is 0.689. The number of hydrogen-bond donors (Lipinski definition) is 2. The van der Waals surface area contributed by atoms with Crippen molar-refractivity contribution in [2.45, 2.75) is 42.9 Å². The van der Waals surface area contributed by atoms with Gasteiger partial charge in [-0.15, -0.1) is 0 Å². The van der Waals surface area contributed by atoms with Gasteiger partial charge in [-0.2, -0.15) is 0 Å². The van der Waals surface area contributed by atoms with Crippen molar-refractivity contribution >= 4 is 21.6 Å². The molecule has 1 fully saturated rings. The van der Waals surface area contributed by atoms with Gasteiger partial charge in [-0.1, -0.05) is 41.9 Å². The third-order valence-electron chi connectivity index (χ3n) is 5.31. The molecule has 2 aromatic carbocycles. The summed E-state index contributed by atoms with van der Waals surface area (Å²) in [5.74, 6) is 0. The first-order valence-electron chi connectivity index (χ1n) is 10.2. The molecule has 0 unspecified atom stereocenters. The number of aliphatic hydroxyl groups excluding tert-OH is 1. The van der Waals surface area contributed by atoms with Crippen LogP contribution in [0.15, 0.2) is 59.5 Å². The highest BCUT2D eigenvalue weighted by Gasteiger charge is 2.25. The summed E-state index contributed by atoms with van der Waals surface area (Å²) in [5, 5.41) is 11.0. The number of nitrogens with one attached hydrogen (secondary N) is 1. The number of nitrogens with zero attached hydrogens (tertiary/aromatic N) is 1. The number of aliphatic hydroxyl groups is 1. The van der Waals surface area contributed by atoms with Crippen molar-refractivity contribution in [2.24, 2.45) is 0 Å². The number of hydrogen-bond acceptors (Lipinski definition) is 5. The topological polar surface area (TPSA) is 78.9 Å². The van der Waals surface area contributed by atoms with Gasteiger partial charge in [0.15, 0.2) is 0 Å². The van der Waals surface area contributed by atoms with E-state index in [1.165, 1.54) is 0 Å². The summed E-state index contributed by atoms with van der Waals surface area (Å²) in [7, 11) is -3.49. The molecule has 0 bridgehead atoms. The number of likely N-dealkylation sites (tertiary alicyclic amines) is 1. The summed E-state index contributed by atoms with van der Waals surface area (Å²) in [4.78, 5) is 2.43. The minimum atomic E-state index is -3.49. The Balaban J connectivity index is 1.39. The largest absolute Gasteiger partial charge is 0.389 e. The van der Waals surface area contributed by atoms with Crippen LogP contribution in [0.2, 0.25) is 5.02 Å². The fraction of sp³-hybridized carbons (Fsp3) is 0.455. The molecule has 0 amide bonds. The van der Waals surface area contributed by atoms with E-state index in [0.29, 0.717) is 24.4 Å². The predicted octanol–water partition coefficient (Wildman–Crippen LogP) is 3.22. The lowest BCUT2D eigenvalue weighted by Gasteiger charge is -2.33. The van der Waals surface area contributed by atoms with E-state index in [-0.39, 0.29) is 23.6 Å². The number of ether oxygens (including phenoxy) is 1. The standard InChI is InChI=1S/C22H29ClN2O4S/c1-17(18-7-9-19(23)10-8-18)29-16-21(26)15-25-13-11-20(12-14-25)24-30(27,28)22-5-3-2-4-6-22/h2-10,17,20-21,24,26H,11-16H2,1H3/t17-,21+/m1/s1. The Bertz CT molecular complexity index is 885. The van der Waals surface area contributed by atoms with Crippen molar-refractivity contribution in [3.8, 4) is 0 Å². The van der Waals surface area contributed by atoms with E-state index >= 15 is 0 Å². The van der Waals surface area contributed by atoms with Crippen LogP contribution >= 0.6 is 11.6 Å². The molecular formula is C22H29ClN2O4S. The minimum Gasteiger partial charge on any atom is -0.389 e. The van der Waals surface area contributed by atoms with Gasteiger partial charge < -0.3 is 14.7 Å². The van der Waals surface area contributed by atoms with Crippen LogP contribution in [0.1, 0.15) is 31.4 Å². The minimum absolute atomic E-state index is 0.0928. The van der Waals surface area contributed by atoms with Gasteiger partial charge in [0, 0.05) is 17.6 Å². The Morgan fingerprint density at radius 1 is 1.13 bits per heavy atom. The van der Waals surface area contributed by atoms with Crippen molar-refractivity contribution in [1.82, 2.24) is 9.62 Å². The van der Waals surface area contributed by atoms with E-state index in [1.54, 1.807) is 30.3 Å². The van der Waals surface area contributed by atoms with E-state index in [1.807, 2.05) is 31.2 Å². The van der Waals surface area contributed by atoms with E-state index < -0.39 is 16.1 Å². The molecule has 164 valence electrons. The Hall–Kier alpha value is -1.48. The van der Waals surface area contributed by atoms with Gasteiger partial charge >= 0.3 is 0 Å². The zero-order valence-corrected chi connectivity index (χ0v) is 18.6. The number of benzene rings is 2. The maximum absolute atomic E-state index is 12.5. The molecule has 30 heavy (non-hydrogen) atoms. The second kappa shape index (κ2) is 10.7. The highest BCUT2D eigenvalue weighted by atomic mass is 35.5. The van der Waals surface area contributed by atoms with E-state index in [0.717, 1.165) is 18.7 Å². The number of rotatable bonds is 9. The fourth-order valence-corrected chi connectivity index (χ4v) is 5.01. The maximum Gasteiger partial charge on any atom is 0.240 e. The van der Waals surface area contributed by atoms with Crippen LogP contribution in [0.3, 0.4) is 0 Å². The monoisotopic (exact) mass is 452 g/mol.